The smallest absolute Gasteiger partial charge is 0.407 e. The normalized spacial score (nSPS) is 11.9. The van der Waals surface area contributed by atoms with Crippen LogP contribution in [0.1, 0.15) is 50.0 Å². The molecule has 1 atom stereocenters. The molecule has 1 unspecified atom stereocenters. The quantitative estimate of drug-likeness (QED) is 0.219. The molecular weight excluding hydrogens is 521 g/mol. The van der Waals surface area contributed by atoms with E-state index in [0.29, 0.717) is 37.1 Å². The number of nitrogens with one attached hydrogen (secondary N) is 3. The van der Waals surface area contributed by atoms with E-state index in [9.17, 15) is 9.59 Å². The van der Waals surface area contributed by atoms with Gasteiger partial charge < -0.3 is 25.6 Å². The van der Waals surface area contributed by atoms with Crippen molar-refractivity contribution in [1.29, 1.82) is 0 Å². The van der Waals surface area contributed by atoms with Crippen molar-refractivity contribution in [3.05, 3.63) is 35.4 Å². The van der Waals surface area contributed by atoms with E-state index in [4.69, 9.17) is 4.74 Å². The third kappa shape index (κ3) is 12.1. The van der Waals surface area contributed by atoms with Crippen LogP contribution in [-0.4, -0.2) is 69.2 Å². The molecule has 0 saturated carbocycles. The molecular formula is C23H40IN5O3. The summed E-state index contributed by atoms with van der Waals surface area (Å²) in [4.78, 5) is 30.2. The number of halogens is 1. The van der Waals surface area contributed by atoms with Gasteiger partial charge in [-0.25, -0.2) is 4.79 Å². The maximum atomic E-state index is 12.1. The molecule has 1 aromatic carbocycles. The monoisotopic (exact) mass is 561 g/mol. The minimum atomic E-state index is -0.409. The van der Waals surface area contributed by atoms with Gasteiger partial charge in [0.15, 0.2) is 5.96 Å². The van der Waals surface area contributed by atoms with Crippen molar-refractivity contribution < 1.29 is 14.3 Å². The summed E-state index contributed by atoms with van der Waals surface area (Å²) in [5, 5.41) is 9.46. The molecule has 0 aliphatic rings. The van der Waals surface area contributed by atoms with E-state index in [-0.39, 0.29) is 35.9 Å². The van der Waals surface area contributed by atoms with Gasteiger partial charge in [0.05, 0.1) is 19.2 Å². The predicted octanol–water partition coefficient (Wildman–Crippen LogP) is 3.26. The zero-order valence-corrected chi connectivity index (χ0v) is 22.6. The van der Waals surface area contributed by atoms with Gasteiger partial charge in [0, 0.05) is 32.7 Å². The highest BCUT2D eigenvalue weighted by Crippen LogP contribution is 2.08. The lowest BCUT2D eigenvalue weighted by Gasteiger charge is -2.19. The Hall–Kier alpha value is -2.04. The highest BCUT2D eigenvalue weighted by atomic mass is 127. The predicted molar refractivity (Wildman–Crippen MR) is 141 cm³/mol. The molecule has 3 N–H and O–H groups in total. The topological polar surface area (TPSA) is 95.1 Å². The first-order chi connectivity index (χ1) is 14.8. The Bertz CT molecular complexity index is 725. The first-order valence-corrected chi connectivity index (χ1v) is 11.0. The molecule has 0 radical (unpaired) electrons. The number of guanidine groups is 1. The maximum absolute atomic E-state index is 12.1. The Morgan fingerprint density at radius 2 is 1.88 bits per heavy atom. The van der Waals surface area contributed by atoms with Gasteiger partial charge in [0.1, 0.15) is 0 Å². The van der Waals surface area contributed by atoms with Crippen LogP contribution < -0.4 is 16.0 Å². The molecule has 0 saturated heterocycles. The summed E-state index contributed by atoms with van der Waals surface area (Å²) < 4.78 is 5.01. The van der Waals surface area contributed by atoms with Gasteiger partial charge in [-0.1, -0.05) is 26.0 Å². The SMILES string of the molecule is CCNC(=NCC(CC(C)C)NC(=O)OCC)NCCc1cccc(C(=O)N(C)C)c1.I. The summed E-state index contributed by atoms with van der Waals surface area (Å²) in [6, 6.07) is 7.58. The van der Waals surface area contributed by atoms with E-state index in [1.807, 2.05) is 31.2 Å². The maximum Gasteiger partial charge on any atom is 0.407 e. The van der Waals surface area contributed by atoms with E-state index >= 15 is 0 Å². The number of benzene rings is 1. The van der Waals surface area contributed by atoms with Crippen LogP contribution in [0.4, 0.5) is 4.79 Å². The highest BCUT2D eigenvalue weighted by molar-refractivity contribution is 14.0. The van der Waals surface area contributed by atoms with Gasteiger partial charge in [-0.15, -0.1) is 24.0 Å². The number of rotatable bonds is 11. The summed E-state index contributed by atoms with van der Waals surface area (Å²) >= 11 is 0. The molecule has 32 heavy (non-hydrogen) atoms. The Kier molecular flexibility index (Phi) is 15.5. The summed E-state index contributed by atoms with van der Waals surface area (Å²) in [6.45, 7) is 10.2. The van der Waals surface area contributed by atoms with Crippen LogP contribution in [0, 0.1) is 5.92 Å². The van der Waals surface area contributed by atoms with Gasteiger partial charge in [-0.05, 0) is 50.3 Å². The fourth-order valence-corrected chi connectivity index (χ4v) is 3.07. The molecule has 0 fully saturated rings. The van der Waals surface area contributed by atoms with Crippen LogP contribution >= 0.6 is 24.0 Å². The molecule has 1 aromatic rings. The Morgan fingerprint density at radius 1 is 1.16 bits per heavy atom. The van der Waals surface area contributed by atoms with Gasteiger partial charge in [0.25, 0.3) is 5.91 Å². The third-order valence-corrected chi connectivity index (χ3v) is 4.45. The van der Waals surface area contributed by atoms with Crippen molar-refractivity contribution in [2.75, 3.05) is 40.3 Å². The summed E-state index contributed by atoms with van der Waals surface area (Å²) in [5.74, 6) is 1.12. The minimum Gasteiger partial charge on any atom is -0.450 e. The molecule has 0 bridgehead atoms. The van der Waals surface area contributed by atoms with Crippen LogP contribution in [0.2, 0.25) is 0 Å². The van der Waals surface area contributed by atoms with Crippen LogP contribution in [0.5, 0.6) is 0 Å². The molecule has 0 aliphatic heterocycles. The molecule has 8 nitrogen and oxygen atoms in total. The lowest BCUT2D eigenvalue weighted by molar-refractivity contribution is 0.0827. The summed E-state index contributed by atoms with van der Waals surface area (Å²) in [5.41, 5.74) is 1.77. The van der Waals surface area contributed by atoms with E-state index in [0.717, 1.165) is 24.9 Å². The summed E-state index contributed by atoms with van der Waals surface area (Å²) in [6.07, 6.45) is 1.16. The standard InChI is InChI=1S/C23H39N5O3.HI/c1-7-24-22(26-16-20(14-17(3)4)27-23(30)31-8-2)25-13-12-18-10-9-11-19(15-18)21(29)28(5)6;/h9-11,15,17,20H,7-8,12-14,16H2,1-6H3,(H,27,30)(H2,24,25,26);1H. The molecule has 182 valence electrons. The van der Waals surface area contributed by atoms with E-state index in [1.54, 1.807) is 25.9 Å². The number of aliphatic imine (C=N–C) groups is 1. The third-order valence-electron chi connectivity index (χ3n) is 4.45. The highest BCUT2D eigenvalue weighted by Gasteiger charge is 2.15. The zero-order valence-electron chi connectivity index (χ0n) is 20.2. The first-order valence-electron chi connectivity index (χ1n) is 11.0. The van der Waals surface area contributed by atoms with Crippen molar-refractivity contribution in [1.82, 2.24) is 20.9 Å². The van der Waals surface area contributed by atoms with Crippen molar-refractivity contribution in [3.63, 3.8) is 0 Å². The molecule has 0 aliphatic carbocycles. The number of amides is 2. The number of nitrogens with zero attached hydrogens (tertiary/aromatic N) is 2. The van der Waals surface area contributed by atoms with Gasteiger partial charge in [0.2, 0.25) is 0 Å². The van der Waals surface area contributed by atoms with E-state index in [2.05, 4.69) is 34.8 Å². The summed E-state index contributed by atoms with van der Waals surface area (Å²) in [7, 11) is 3.50. The van der Waals surface area contributed by atoms with Crippen LogP contribution in [0.15, 0.2) is 29.3 Å². The van der Waals surface area contributed by atoms with Gasteiger partial charge >= 0.3 is 6.09 Å². The average Bonchev–Trinajstić information content (AvgIpc) is 2.71. The number of carbonyl (C=O) groups is 2. The number of carbonyl (C=O) groups excluding carboxylic acids is 2. The van der Waals surface area contributed by atoms with Crippen LogP contribution in [0.3, 0.4) is 0 Å². The molecule has 0 aromatic heterocycles. The number of hydrogen-bond donors (Lipinski definition) is 3. The number of ether oxygens (including phenoxy) is 1. The molecule has 0 spiro atoms. The van der Waals surface area contributed by atoms with E-state index in [1.165, 1.54) is 0 Å². The fraction of sp³-hybridized carbons (Fsp3) is 0.609. The lowest BCUT2D eigenvalue weighted by atomic mass is 10.0. The van der Waals surface area contributed by atoms with Crippen LogP contribution in [-0.2, 0) is 11.2 Å². The van der Waals surface area contributed by atoms with Crippen molar-refractivity contribution in [2.45, 2.75) is 46.6 Å². The van der Waals surface area contributed by atoms with Crippen LogP contribution in [0.25, 0.3) is 0 Å². The second-order valence-corrected chi connectivity index (χ2v) is 7.99. The van der Waals surface area contributed by atoms with Crippen molar-refractivity contribution in [2.24, 2.45) is 10.9 Å². The second kappa shape index (κ2) is 16.6. The second-order valence-electron chi connectivity index (χ2n) is 7.99. The zero-order chi connectivity index (χ0) is 23.2. The molecule has 1 rings (SSSR count). The van der Waals surface area contributed by atoms with Crippen molar-refractivity contribution in [3.8, 4) is 0 Å². The Balaban J connectivity index is 0.00000961. The van der Waals surface area contributed by atoms with Gasteiger partial charge in [-0.2, -0.15) is 0 Å². The number of hydrogen-bond acceptors (Lipinski definition) is 4. The average molecular weight is 562 g/mol. The lowest BCUT2D eigenvalue weighted by Crippen LogP contribution is -2.42. The van der Waals surface area contributed by atoms with E-state index < -0.39 is 6.09 Å². The first kappa shape index (κ1) is 30.0. The molecule has 0 heterocycles. The largest absolute Gasteiger partial charge is 0.450 e. The molecule has 9 heteroatoms. The molecule has 2 amide bonds. The Morgan fingerprint density at radius 3 is 2.47 bits per heavy atom. The minimum absolute atomic E-state index is 0. The van der Waals surface area contributed by atoms with Crippen molar-refractivity contribution >= 4 is 41.9 Å². The number of alkyl carbamates (subject to hydrolysis) is 1. The Labute approximate surface area is 210 Å². The fourth-order valence-electron chi connectivity index (χ4n) is 3.07. The van der Waals surface area contributed by atoms with Gasteiger partial charge in [-0.3, -0.25) is 9.79 Å².